The van der Waals surface area contributed by atoms with E-state index in [0.29, 0.717) is 12.6 Å². The van der Waals surface area contributed by atoms with Crippen molar-refractivity contribution in [2.24, 2.45) is 4.99 Å². The highest BCUT2D eigenvalue weighted by atomic mass is 16.5. The lowest BCUT2D eigenvalue weighted by Crippen LogP contribution is -2.54. The largest absolute Gasteiger partial charge is 0.377 e. The van der Waals surface area contributed by atoms with Gasteiger partial charge in [-0.15, -0.1) is 0 Å². The molecule has 1 atom stereocenters. The second-order valence-electron chi connectivity index (χ2n) is 7.48. The Bertz CT molecular complexity index is 553. The van der Waals surface area contributed by atoms with E-state index in [4.69, 9.17) is 4.74 Å². The molecule has 0 radical (unpaired) electrons. The maximum atomic E-state index is 5.44. The highest BCUT2D eigenvalue weighted by Crippen LogP contribution is 2.16. The minimum absolute atomic E-state index is 0.211. The first-order chi connectivity index (χ1) is 12.4. The number of hydrogen-bond acceptors (Lipinski definition) is 4. The van der Waals surface area contributed by atoms with Crippen molar-refractivity contribution in [1.82, 2.24) is 15.5 Å². The van der Waals surface area contributed by atoms with Crippen molar-refractivity contribution in [3.8, 4) is 0 Å². The van der Waals surface area contributed by atoms with E-state index < -0.39 is 0 Å². The Kier molecular flexibility index (Phi) is 7.72. The smallest absolute Gasteiger partial charge is 0.191 e. The van der Waals surface area contributed by atoms with Crippen molar-refractivity contribution in [2.75, 3.05) is 58.3 Å². The Hall–Kier alpha value is -1.79. The number of guanidine groups is 1. The zero-order valence-electron chi connectivity index (χ0n) is 17.0. The van der Waals surface area contributed by atoms with Crippen LogP contribution < -0.4 is 15.5 Å². The van der Waals surface area contributed by atoms with Crippen LogP contribution in [-0.2, 0) is 4.74 Å². The van der Waals surface area contributed by atoms with E-state index in [1.807, 2.05) is 0 Å². The van der Waals surface area contributed by atoms with Gasteiger partial charge in [0.2, 0.25) is 0 Å². The predicted molar refractivity (Wildman–Crippen MR) is 110 cm³/mol. The van der Waals surface area contributed by atoms with E-state index in [1.54, 1.807) is 14.2 Å². The molecule has 146 valence electrons. The molecule has 1 unspecified atom stereocenters. The average molecular weight is 362 g/mol. The third kappa shape index (κ3) is 6.18. The van der Waals surface area contributed by atoms with Crippen molar-refractivity contribution in [2.45, 2.75) is 32.4 Å². The first kappa shape index (κ1) is 20.5. The lowest BCUT2D eigenvalue weighted by atomic mass is 10.1. The molecule has 6 heteroatoms. The fourth-order valence-corrected chi connectivity index (χ4v) is 3.02. The Morgan fingerprint density at radius 3 is 2.38 bits per heavy atom. The summed E-state index contributed by atoms with van der Waals surface area (Å²) in [5.41, 5.74) is 1.11. The van der Waals surface area contributed by atoms with Crippen molar-refractivity contribution >= 4 is 11.6 Å². The fourth-order valence-electron chi connectivity index (χ4n) is 3.02. The number of ether oxygens (including phenoxy) is 1. The number of nitrogens with one attached hydrogen (secondary N) is 2. The van der Waals surface area contributed by atoms with Gasteiger partial charge in [0.15, 0.2) is 5.96 Å². The van der Waals surface area contributed by atoms with Gasteiger partial charge in [0.25, 0.3) is 0 Å². The number of para-hydroxylation sites is 1. The van der Waals surface area contributed by atoms with Crippen molar-refractivity contribution in [3.63, 3.8) is 0 Å². The SMILES string of the molecule is CN=C(NCC(C)N1CCN(c2ccccc2)CC1)NCC(C)(C)OC. The van der Waals surface area contributed by atoms with Gasteiger partial charge in [-0.1, -0.05) is 18.2 Å². The van der Waals surface area contributed by atoms with E-state index in [0.717, 1.165) is 38.7 Å². The molecule has 0 saturated carbocycles. The monoisotopic (exact) mass is 361 g/mol. The molecule has 2 rings (SSSR count). The molecule has 1 fully saturated rings. The molecule has 0 aromatic heterocycles. The van der Waals surface area contributed by atoms with Gasteiger partial charge in [0, 0.05) is 65.2 Å². The first-order valence-corrected chi connectivity index (χ1v) is 9.49. The summed E-state index contributed by atoms with van der Waals surface area (Å²) in [6.07, 6.45) is 0. The first-order valence-electron chi connectivity index (χ1n) is 9.49. The second kappa shape index (κ2) is 9.78. The predicted octanol–water partition coefficient (Wildman–Crippen LogP) is 1.79. The Morgan fingerprint density at radius 1 is 1.15 bits per heavy atom. The van der Waals surface area contributed by atoms with Crippen LogP contribution in [0.4, 0.5) is 5.69 Å². The van der Waals surface area contributed by atoms with Crippen molar-refractivity contribution in [1.29, 1.82) is 0 Å². The number of anilines is 1. The zero-order chi connectivity index (χ0) is 19.0. The third-order valence-electron chi connectivity index (χ3n) is 5.08. The van der Waals surface area contributed by atoms with Crippen molar-refractivity contribution in [3.05, 3.63) is 30.3 Å². The Balaban J connectivity index is 1.73. The molecule has 1 saturated heterocycles. The summed E-state index contributed by atoms with van der Waals surface area (Å²) in [6.45, 7) is 12.3. The van der Waals surface area contributed by atoms with Crippen LogP contribution in [0.3, 0.4) is 0 Å². The van der Waals surface area contributed by atoms with E-state index in [2.05, 4.69) is 76.5 Å². The maximum absolute atomic E-state index is 5.44. The molecule has 0 bridgehead atoms. The molecular formula is C20H35N5O. The molecule has 1 aliphatic heterocycles. The van der Waals surface area contributed by atoms with Crippen LogP contribution in [0, 0.1) is 0 Å². The van der Waals surface area contributed by atoms with Crippen LogP contribution in [0.15, 0.2) is 35.3 Å². The van der Waals surface area contributed by atoms with Crippen LogP contribution in [0.1, 0.15) is 20.8 Å². The molecule has 0 spiro atoms. The molecule has 0 aliphatic carbocycles. The minimum atomic E-state index is -0.211. The summed E-state index contributed by atoms with van der Waals surface area (Å²) in [6, 6.07) is 11.1. The van der Waals surface area contributed by atoms with Crippen LogP contribution in [0.25, 0.3) is 0 Å². The Labute approximate surface area is 158 Å². The molecule has 1 aliphatic rings. The number of rotatable bonds is 7. The molecule has 1 aromatic rings. The highest BCUT2D eigenvalue weighted by molar-refractivity contribution is 5.79. The van der Waals surface area contributed by atoms with Crippen molar-refractivity contribution < 1.29 is 4.74 Å². The number of methoxy groups -OCH3 is 1. The number of nitrogens with zero attached hydrogens (tertiary/aromatic N) is 3. The van der Waals surface area contributed by atoms with Gasteiger partial charge >= 0.3 is 0 Å². The number of benzene rings is 1. The fraction of sp³-hybridized carbons (Fsp3) is 0.650. The van der Waals surface area contributed by atoms with Gasteiger partial charge in [0.1, 0.15) is 0 Å². The van der Waals surface area contributed by atoms with Crippen LogP contribution in [0.5, 0.6) is 0 Å². The summed E-state index contributed by atoms with van der Waals surface area (Å²) in [5.74, 6) is 0.824. The quantitative estimate of drug-likeness (QED) is 0.573. The van der Waals surface area contributed by atoms with Crippen LogP contribution in [0.2, 0.25) is 0 Å². The summed E-state index contributed by atoms with van der Waals surface area (Å²) in [5, 5.41) is 6.77. The number of piperazine rings is 1. The minimum Gasteiger partial charge on any atom is -0.377 e. The second-order valence-corrected chi connectivity index (χ2v) is 7.48. The van der Waals surface area contributed by atoms with Gasteiger partial charge in [0.05, 0.1) is 5.60 Å². The lowest BCUT2D eigenvalue weighted by Gasteiger charge is -2.39. The average Bonchev–Trinajstić information content (AvgIpc) is 2.68. The topological polar surface area (TPSA) is 52.1 Å². The lowest BCUT2D eigenvalue weighted by molar-refractivity contribution is 0.0268. The zero-order valence-corrected chi connectivity index (χ0v) is 17.0. The maximum Gasteiger partial charge on any atom is 0.191 e. The van der Waals surface area contributed by atoms with E-state index in [9.17, 15) is 0 Å². The molecular weight excluding hydrogens is 326 g/mol. The van der Waals surface area contributed by atoms with Gasteiger partial charge in [-0.25, -0.2) is 0 Å². The third-order valence-corrected chi connectivity index (χ3v) is 5.08. The standard InChI is InChI=1S/C20H35N5O/c1-17(15-22-19(21-4)23-16-20(2,3)26-5)24-11-13-25(14-12-24)18-9-7-6-8-10-18/h6-10,17H,11-16H2,1-5H3,(H2,21,22,23). The summed E-state index contributed by atoms with van der Waals surface area (Å²) in [7, 11) is 3.54. The molecule has 1 heterocycles. The summed E-state index contributed by atoms with van der Waals surface area (Å²) >= 11 is 0. The van der Waals surface area contributed by atoms with Gasteiger partial charge < -0.3 is 20.3 Å². The summed E-state index contributed by atoms with van der Waals surface area (Å²) in [4.78, 5) is 9.31. The van der Waals surface area contributed by atoms with Crippen LogP contribution >= 0.6 is 0 Å². The summed E-state index contributed by atoms with van der Waals surface area (Å²) < 4.78 is 5.44. The van der Waals surface area contributed by atoms with Gasteiger partial charge in [-0.3, -0.25) is 9.89 Å². The highest BCUT2D eigenvalue weighted by Gasteiger charge is 2.22. The number of aliphatic imine (C=N–C) groups is 1. The van der Waals surface area contributed by atoms with Gasteiger partial charge in [-0.05, 0) is 32.9 Å². The van der Waals surface area contributed by atoms with Crippen LogP contribution in [-0.4, -0.2) is 75.9 Å². The molecule has 0 amide bonds. The van der Waals surface area contributed by atoms with E-state index in [-0.39, 0.29) is 5.60 Å². The van der Waals surface area contributed by atoms with E-state index >= 15 is 0 Å². The van der Waals surface area contributed by atoms with Gasteiger partial charge in [-0.2, -0.15) is 0 Å². The molecule has 26 heavy (non-hydrogen) atoms. The molecule has 6 nitrogen and oxygen atoms in total. The molecule has 1 aromatic carbocycles. The van der Waals surface area contributed by atoms with E-state index in [1.165, 1.54) is 5.69 Å². The Morgan fingerprint density at radius 2 is 1.81 bits per heavy atom. The molecule has 2 N–H and O–H groups in total. The normalized spacial score (nSPS) is 17.9. The number of hydrogen-bond donors (Lipinski definition) is 2.